The predicted molar refractivity (Wildman–Crippen MR) is 108 cm³/mol. The third-order valence-electron chi connectivity index (χ3n) is 4.94. The summed E-state index contributed by atoms with van der Waals surface area (Å²) < 4.78 is 13.3. The van der Waals surface area contributed by atoms with E-state index in [1.807, 2.05) is 44.2 Å². The van der Waals surface area contributed by atoms with Gasteiger partial charge in [-0.1, -0.05) is 12.0 Å². The second-order valence-electron chi connectivity index (χ2n) is 7.04. The molecule has 3 heterocycles. The molecule has 1 aliphatic rings. The molecule has 0 saturated carbocycles. The van der Waals surface area contributed by atoms with E-state index in [1.54, 1.807) is 15.6 Å². The highest BCUT2D eigenvalue weighted by atomic mass is 16.5. The number of ether oxygens (including phenoxy) is 2. The van der Waals surface area contributed by atoms with Gasteiger partial charge in [0.2, 0.25) is 0 Å². The van der Waals surface area contributed by atoms with E-state index in [4.69, 9.17) is 15.9 Å². The van der Waals surface area contributed by atoms with E-state index in [2.05, 4.69) is 16.0 Å². The lowest BCUT2D eigenvalue weighted by atomic mass is 10.2. The Morgan fingerprint density at radius 2 is 2.24 bits per heavy atom. The van der Waals surface area contributed by atoms with Gasteiger partial charge in [0.25, 0.3) is 5.91 Å². The first kappa shape index (κ1) is 19.0. The van der Waals surface area contributed by atoms with E-state index >= 15 is 0 Å². The van der Waals surface area contributed by atoms with E-state index in [0.29, 0.717) is 37.6 Å². The molecule has 1 aromatic carbocycles. The van der Waals surface area contributed by atoms with Gasteiger partial charge in [-0.05, 0) is 32.0 Å². The van der Waals surface area contributed by atoms with Crippen LogP contribution < -0.4 is 4.74 Å². The number of aryl methyl sites for hydroxylation is 2. The highest BCUT2D eigenvalue weighted by Crippen LogP contribution is 2.17. The van der Waals surface area contributed by atoms with Crippen LogP contribution in [0.3, 0.4) is 0 Å². The molecule has 7 nitrogen and oxygen atoms in total. The summed E-state index contributed by atoms with van der Waals surface area (Å²) in [6, 6.07) is 9.24. The van der Waals surface area contributed by atoms with Gasteiger partial charge in [-0.15, -0.1) is 6.42 Å². The summed E-state index contributed by atoms with van der Waals surface area (Å²) in [5.74, 6) is 3.20. The van der Waals surface area contributed by atoms with Crippen LogP contribution >= 0.6 is 0 Å². The highest BCUT2D eigenvalue weighted by Gasteiger charge is 2.27. The second kappa shape index (κ2) is 7.94. The third-order valence-corrected chi connectivity index (χ3v) is 4.94. The van der Waals surface area contributed by atoms with Crippen molar-refractivity contribution in [3.8, 4) is 18.1 Å². The fraction of sp³-hybridized carbons (Fsp3) is 0.318. The molecule has 0 N–H and O–H groups in total. The van der Waals surface area contributed by atoms with Crippen LogP contribution in [-0.4, -0.2) is 57.8 Å². The quantitative estimate of drug-likeness (QED) is 0.639. The SMILES string of the molecule is C#Cc1cccc(OCC2CN(C(=O)c3cnc4cc(C)nn4c3C)CCO2)c1. The van der Waals surface area contributed by atoms with Crippen molar-refractivity contribution in [3.63, 3.8) is 0 Å². The number of terminal acetylenes is 1. The molecule has 0 spiro atoms. The monoisotopic (exact) mass is 390 g/mol. The van der Waals surface area contributed by atoms with Crippen LogP contribution in [0.1, 0.15) is 27.3 Å². The summed E-state index contributed by atoms with van der Waals surface area (Å²) in [4.78, 5) is 19.3. The second-order valence-corrected chi connectivity index (χ2v) is 7.04. The predicted octanol–water partition coefficient (Wildman–Crippen LogP) is 2.25. The van der Waals surface area contributed by atoms with E-state index in [0.717, 1.165) is 22.6 Å². The molecule has 1 fully saturated rings. The molecule has 0 bridgehead atoms. The Balaban J connectivity index is 1.44. The molecule has 1 saturated heterocycles. The zero-order valence-electron chi connectivity index (χ0n) is 16.5. The number of nitrogens with zero attached hydrogens (tertiary/aromatic N) is 4. The first-order valence-corrected chi connectivity index (χ1v) is 9.47. The van der Waals surface area contributed by atoms with Crippen molar-refractivity contribution in [1.82, 2.24) is 19.5 Å². The van der Waals surface area contributed by atoms with Gasteiger partial charge in [0.15, 0.2) is 5.65 Å². The molecule has 29 heavy (non-hydrogen) atoms. The van der Waals surface area contributed by atoms with Crippen LogP contribution in [0.2, 0.25) is 0 Å². The summed E-state index contributed by atoms with van der Waals surface area (Å²) >= 11 is 0. The summed E-state index contributed by atoms with van der Waals surface area (Å²) in [6.07, 6.45) is 6.84. The Hall–Kier alpha value is -3.37. The molecule has 148 valence electrons. The largest absolute Gasteiger partial charge is 0.491 e. The van der Waals surface area contributed by atoms with Gasteiger partial charge in [-0.3, -0.25) is 4.79 Å². The van der Waals surface area contributed by atoms with Gasteiger partial charge in [0.05, 0.1) is 30.1 Å². The summed E-state index contributed by atoms with van der Waals surface area (Å²) in [5.41, 5.74) is 3.68. The minimum absolute atomic E-state index is 0.0762. The van der Waals surface area contributed by atoms with E-state index in [1.165, 1.54) is 0 Å². The fourth-order valence-corrected chi connectivity index (χ4v) is 3.41. The van der Waals surface area contributed by atoms with Gasteiger partial charge in [-0.25, -0.2) is 9.50 Å². The van der Waals surface area contributed by atoms with Gasteiger partial charge in [0, 0.05) is 24.4 Å². The maximum Gasteiger partial charge on any atom is 0.257 e. The Labute approximate surface area is 169 Å². The fourth-order valence-electron chi connectivity index (χ4n) is 3.41. The molecule has 3 aromatic rings. The van der Waals surface area contributed by atoms with Crippen LogP contribution in [0.5, 0.6) is 5.75 Å². The van der Waals surface area contributed by atoms with E-state index in [-0.39, 0.29) is 12.0 Å². The maximum atomic E-state index is 13.1. The van der Waals surface area contributed by atoms with Crippen LogP contribution in [0.4, 0.5) is 0 Å². The van der Waals surface area contributed by atoms with Crippen LogP contribution in [-0.2, 0) is 4.74 Å². The average Bonchev–Trinajstić information content (AvgIpc) is 3.14. The first-order chi connectivity index (χ1) is 14.0. The van der Waals surface area contributed by atoms with Crippen LogP contribution in [0.15, 0.2) is 36.5 Å². The number of aromatic nitrogens is 3. The minimum Gasteiger partial charge on any atom is -0.491 e. The van der Waals surface area contributed by atoms with Crippen LogP contribution in [0, 0.1) is 26.2 Å². The van der Waals surface area contributed by atoms with Crippen molar-refractivity contribution >= 4 is 11.6 Å². The van der Waals surface area contributed by atoms with Gasteiger partial charge < -0.3 is 14.4 Å². The number of carbonyl (C=O) groups excluding carboxylic acids is 1. The Kier molecular flexibility index (Phi) is 5.19. The summed E-state index contributed by atoms with van der Waals surface area (Å²) in [5, 5.41) is 4.42. The van der Waals surface area contributed by atoms with Gasteiger partial charge >= 0.3 is 0 Å². The van der Waals surface area contributed by atoms with Crippen molar-refractivity contribution in [1.29, 1.82) is 0 Å². The normalized spacial score (nSPS) is 16.6. The van der Waals surface area contributed by atoms with Gasteiger partial charge in [0.1, 0.15) is 18.5 Å². The Morgan fingerprint density at radius 1 is 1.38 bits per heavy atom. The number of rotatable bonds is 4. The van der Waals surface area contributed by atoms with Crippen molar-refractivity contribution in [2.75, 3.05) is 26.3 Å². The lowest BCUT2D eigenvalue weighted by Gasteiger charge is -2.33. The topological polar surface area (TPSA) is 69.0 Å². The molecule has 2 aromatic heterocycles. The molecule has 0 radical (unpaired) electrons. The number of carbonyl (C=O) groups is 1. The van der Waals surface area contributed by atoms with E-state index < -0.39 is 0 Å². The Bertz CT molecular complexity index is 1100. The van der Waals surface area contributed by atoms with E-state index in [9.17, 15) is 4.79 Å². The highest BCUT2D eigenvalue weighted by molar-refractivity contribution is 5.95. The standard InChI is InChI=1S/C22H22N4O3/c1-4-17-6-5-7-18(11-17)29-14-19-13-25(8-9-28-19)22(27)20-12-23-21-10-15(2)24-26(21)16(20)3/h1,5-7,10-12,19H,8-9,13-14H2,2-3H3. The number of benzene rings is 1. The Morgan fingerprint density at radius 3 is 3.07 bits per heavy atom. The average molecular weight is 390 g/mol. The zero-order chi connectivity index (χ0) is 20.4. The number of fused-ring (bicyclic) bond motifs is 1. The van der Waals surface area contributed by atoms with Crippen molar-refractivity contribution in [2.45, 2.75) is 20.0 Å². The molecule has 1 amide bonds. The van der Waals surface area contributed by atoms with Crippen molar-refractivity contribution in [2.24, 2.45) is 0 Å². The number of morpholine rings is 1. The molecule has 1 unspecified atom stereocenters. The summed E-state index contributed by atoms with van der Waals surface area (Å²) in [6.45, 7) is 5.56. The lowest BCUT2D eigenvalue weighted by molar-refractivity contribution is -0.0401. The number of hydrogen-bond acceptors (Lipinski definition) is 5. The van der Waals surface area contributed by atoms with Crippen LogP contribution in [0.25, 0.3) is 5.65 Å². The molecule has 4 rings (SSSR count). The summed E-state index contributed by atoms with van der Waals surface area (Å²) in [7, 11) is 0. The molecule has 1 aliphatic heterocycles. The molecule has 7 heteroatoms. The third kappa shape index (κ3) is 3.93. The number of hydrogen-bond donors (Lipinski definition) is 0. The smallest absolute Gasteiger partial charge is 0.257 e. The van der Waals surface area contributed by atoms with Crippen molar-refractivity contribution in [3.05, 3.63) is 59.0 Å². The minimum atomic E-state index is -0.217. The molecule has 1 atom stereocenters. The van der Waals surface area contributed by atoms with Crippen molar-refractivity contribution < 1.29 is 14.3 Å². The number of amides is 1. The zero-order valence-corrected chi connectivity index (χ0v) is 16.5. The molecular weight excluding hydrogens is 368 g/mol. The molecular formula is C22H22N4O3. The maximum absolute atomic E-state index is 13.1. The molecule has 0 aliphatic carbocycles. The van der Waals surface area contributed by atoms with Gasteiger partial charge in [-0.2, -0.15) is 5.10 Å². The lowest BCUT2D eigenvalue weighted by Crippen LogP contribution is -2.47. The first-order valence-electron chi connectivity index (χ1n) is 9.47.